The van der Waals surface area contributed by atoms with E-state index in [2.05, 4.69) is 4.98 Å². The second-order valence-corrected chi connectivity index (χ2v) is 6.16. The summed E-state index contributed by atoms with van der Waals surface area (Å²) in [7, 11) is -5.49. The fourth-order valence-corrected chi connectivity index (χ4v) is 2.16. The molecule has 12 heteroatoms. The third-order valence-electron chi connectivity index (χ3n) is 2.21. The van der Waals surface area contributed by atoms with Crippen LogP contribution < -0.4 is 9.46 Å². The Morgan fingerprint density at radius 3 is 2.64 bits per heavy atom. The van der Waals surface area contributed by atoms with Gasteiger partial charge in [-0.15, -0.1) is 0 Å². The number of alkyl halides is 3. The Labute approximate surface area is 128 Å². The molecule has 0 bridgehead atoms. The first kappa shape index (κ1) is 18.5. The van der Waals surface area contributed by atoms with Crippen molar-refractivity contribution in [2.75, 3.05) is 6.61 Å². The van der Waals surface area contributed by atoms with Gasteiger partial charge in [-0.3, -0.25) is 0 Å². The summed E-state index contributed by atoms with van der Waals surface area (Å²) in [6.45, 7) is 0.669. The first-order valence-corrected chi connectivity index (χ1v) is 7.40. The van der Waals surface area contributed by atoms with Crippen LogP contribution in [0.5, 0.6) is 5.75 Å². The Bertz CT molecular complexity index is 665. The standard InChI is InChI=1S/C10H10ClF3N2O5S/c1-5(16-22(19,20)10(12,13)14)4-21-6-2-7(9(17)18)8(11)15-3-6/h2-3,5,16H,4H2,1H3,(H,17,18)/t5-/m0/s1. The van der Waals surface area contributed by atoms with Crippen molar-refractivity contribution in [3.05, 3.63) is 23.0 Å². The predicted molar refractivity (Wildman–Crippen MR) is 69.3 cm³/mol. The maximum Gasteiger partial charge on any atom is 0.511 e. The van der Waals surface area contributed by atoms with Gasteiger partial charge in [0.1, 0.15) is 23.1 Å². The van der Waals surface area contributed by atoms with E-state index in [1.54, 1.807) is 0 Å². The Hall–Kier alpha value is -1.59. The van der Waals surface area contributed by atoms with Gasteiger partial charge in [0, 0.05) is 0 Å². The van der Waals surface area contributed by atoms with E-state index >= 15 is 0 Å². The monoisotopic (exact) mass is 362 g/mol. The molecule has 0 unspecified atom stereocenters. The zero-order valence-electron chi connectivity index (χ0n) is 10.9. The van der Waals surface area contributed by atoms with E-state index in [9.17, 15) is 26.4 Å². The number of ether oxygens (including phenoxy) is 1. The second kappa shape index (κ2) is 6.67. The van der Waals surface area contributed by atoms with Crippen LogP contribution in [0, 0.1) is 0 Å². The molecule has 0 fully saturated rings. The van der Waals surface area contributed by atoms with Gasteiger partial charge in [0.25, 0.3) is 0 Å². The predicted octanol–water partition coefficient (Wildman–Crippen LogP) is 1.64. The van der Waals surface area contributed by atoms with Gasteiger partial charge in [-0.25, -0.2) is 22.9 Å². The summed E-state index contributed by atoms with van der Waals surface area (Å²) >= 11 is 5.53. The summed E-state index contributed by atoms with van der Waals surface area (Å²) < 4.78 is 64.6. The third-order valence-corrected chi connectivity index (χ3v) is 3.83. The molecular weight excluding hydrogens is 353 g/mol. The molecule has 0 saturated carbocycles. The molecule has 0 spiro atoms. The molecule has 0 aromatic carbocycles. The molecule has 1 rings (SSSR count). The van der Waals surface area contributed by atoms with Crippen LogP contribution >= 0.6 is 11.6 Å². The minimum absolute atomic E-state index is 0.0835. The molecule has 0 saturated heterocycles. The number of nitrogens with zero attached hydrogens (tertiary/aromatic N) is 1. The lowest BCUT2D eigenvalue weighted by Gasteiger charge is -2.16. The minimum atomic E-state index is -5.49. The van der Waals surface area contributed by atoms with Crippen molar-refractivity contribution in [3.8, 4) is 5.75 Å². The summed E-state index contributed by atoms with van der Waals surface area (Å²) in [6.07, 6.45) is 1.06. The quantitative estimate of drug-likeness (QED) is 0.745. The Balaban J connectivity index is 2.71. The molecule has 0 aliphatic carbocycles. The summed E-state index contributed by atoms with van der Waals surface area (Å²) in [6, 6.07) is -0.196. The molecule has 1 aromatic heterocycles. The number of aromatic carboxylic acids is 1. The number of nitrogens with one attached hydrogen (secondary N) is 1. The number of carbonyl (C=O) groups is 1. The highest BCUT2D eigenvalue weighted by atomic mass is 35.5. The van der Waals surface area contributed by atoms with Gasteiger partial charge in [0.15, 0.2) is 0 Å². The molecular formula is C10H10ClF3N2O5S. The Morgan fingerprint density at radius 2 is 2.14 bits per heavy atom. The van der Waals surface area contributed by atoms with Crippen molar-refractivity contribution in [1.29, 1.82) is 0 Å². The zero-order chi connectivity index (χ0) is 17.1. The van der Waals surface area contributed by atoms with Gasteiger partial charge < -0.3 is 9.84 Å². The minimum Gasteiger partial charge on any atom is -0.490 e. The van der Waals surface area contributed by atoms with Gasteiger partial charge in [0.05, 0.1) is 12.2 Å². The first-order chi connectivity index (χ1) is 9.94. The van der Waals surface area contributed by atoms with Gasteiger partial charge in [-0.1, -0.05) is 11.6 Å². The molecule has 124 valence electrons. The van der Waals surface area contributed by atoms with E-state index in [0.717, 1.165) is 19.2 Å². The highest BCUT2D eigenvalue weighted by Crippen LogP contribution is 2.22. The fraction of sp³-hybridized carbons (Fsp3) is 0.400. The number of carboxylic acid groups (broad SMARTS) is 1. The summed E-state index contributed by atoms with van der Waals surface area (Å²) in [4.78, 5) is 14.3. The van der Waals surface area contributed by atoms with Crippen molar-refractivity contribution in [2.24, 2.45) is 0 Å². The summed E-state index contributed by atoms with van der Waals surface area (Å²) in [5, 5.41) is 8.53. The Morgan fingerprint density at radius 1 is 1.55 bits per heavy atom. The number of pyridine rings is 1. The number of rotatable bonds is 6. The van der Waals surface area contributed by atoms with Crippen molar-refractivity contribution < 1.29 is 36.2 Å². The summed E-state index contributed by atoms with van der Waals surface area (Å²) in [5.74, 6) is -1.45. The molecule has 22 heavy (non-hydrogen) atoms. The second-order valence-electron chi connectivity index (χ2n) is 4.09. The maximum absolute atomic E-state index is 12.2. The maximum atomic E-state index is 12.2. The number of aromatic nitrogens is 1. The Kier molecular flexibility index (Phi) is 5.59. The molecule has 1 atom stereocenters. The SMILES string of the molecule is C[C@@H](COc1cnc(Cl)c(C(=O)O)c1)NS(=O)(=O)C(F)(F)F. The normalized spacial score (nSPS) is 13.7. The van der Waals surface area contributed by atoms with Crippen LogP contribution in [0.3, 0.4) is 0 Å². The summed E-state index contributed by atoms with van der Waals surface area (Å²) in [5.41, 5.74) is -5.79. The molecule has 1 aromatic rings. The number of sulfonamides is 1. The smallest absolute Gasteiger partial charge is 0.490 e. The number of hydrogen-bond donors (Lipinski definition) is 2. The number of halogens is 4. The van der Waals surface area contributed by atoms with Crippen LogP contribution in [0.15, 0.2) is 12.3 Å². The lowest BCUT2D eigenvalue weighted by Crippen LogP contribution is -2.43. The lowest BCUT2D eigenvalue weighted by atomic mass is 10.3. The van der Waals surface area contributed by atoms with Crippen LogP contribution in [0.2, 0.25) is 5.15 Å². The van der Waals surface area contributed by atoms with E-state index in [1.807, 2.05) is 0 Å². The van der Waals surface area contributed by atoms with E-state index < -0.39 is 34.1 Å². The van der Waals surface area contributed by atoms with Crippen molar-refractivity contribution >= 4 is 27.6 Å². The third kappa shape index (κ3) is 4.71. The van der Waals surface area contributed by atoms with Crippen LogP contribution in [0.4, 0.5) is 13.2 Å². The van der Waals surface area contributed by atoms with Crippen LogP contribution in [0.25, 0.3) is 0 Å². The highest BCUT2D eigenvalue weighted by molar-refractivity contribution is 7.90. The van der Waals surface area contributed by atoms with Crippen molar-refractivity contribution in [2.45, 2.75) is 18.5 Å². The number of carboxylic acids is 1. The van der Waals surface area contributed by atoms with Gasteiger partial charge >= 0.3 is 21.5 Å². The van der Waals surface area contributed by atoms with Crippen LogP contribution in [-0.2, 0) is 10.0 Å². The number of hydrogen-bond acceptors (Lipinski definition) is 5. The first-order valence-electron chi connectivity index (χ1n) is 5.54. The average molecular weight is 363 g/mol. The molecule has 1 heterocycles. The van der Waals surface area contributed by atoms with E-state index in [0.29, 0.717) is 0 Å². The molecule has 2 N–H and O–H groups in total. The van der Waals surface area contributed by atoms with E-state index in [4.69, 9.17) is 21.4 Å². The van der Waals surface area contributed by atoms with Gasteiger partial charge in [-0.05, 0) is 13.0 Å². The average Bonchev–Trinajstić information content (AvgIpc) is 2.35. The van der Waals surface area contributed by atoms with Gasteiger partial charge in [-0.2, -0.15) is 13.2 Å². The fourth-order valence-electron chi connectivity index (χ4n) is 1.24. The van der Waals surface area contributed by atoms with E-state index in [-0.39, 0.29) is 16.5 Å². The molecule has 0 radical (unpaired) electrons. The van der Waals surface area contributed by atoms with E-state index in [1.165, 1.54) is 4.72 Å². The van der Waals surface area contributed by atoms with Gasteiger partial charge in [0.2, 0.25) is 0 Å². The van der Waals surface area contributed by atoms with Crippen molar-refractivity contribution in [3.63, 3.8) is 0 Å². The zero-order valence-corrected chi connectivity index (χ0v) is 12.5. The molecule has 0 aliphatic rings. The lowest BCUT2D eigenvalue weighted by molar-refractivity contribution is -0.0451. The highest BCUT2D eigenvalue weighted by Gasteiger charge is 2.46. The molecule has 0 amide bonds. The topological polar surface area (TPSA) is 106 Å². The van der Waals surface area contributed by atoms with Crippen molar-refractivity contribution in [1.82, 2.24) is 9.71 Å². The van der Waals surface area contributed by atoms with Crippen LogP contribution in [-0.4, -0.2) is 42.6 Å². The largest absolute Gasteiger partial charge is 0.511 e. The molecule has 0 aliphatic heterocycles. The molecule has 7 nitrogen and oxygen atoms in total. The van der Waals surface area contributed by atoms with Crippen LogP contribution in [0.1, 0.15) is 17.3 Å².